The van der Waals surface area contributed by atoms with E-state index in [-0.39, 0.29) is 12.1 Å². The highest BCUT2D eigenvalue weighted by Gasteiger charge is 2.10. The number of anilines is 1. The molecule has 3 aromatic heterocycles. The van der Waals surface area contributed by atoms with Crippen LogP contribution in [0.15, 0.2) is 61.2 Å². The van der Waals surface area contributed by atoms with Crippen molar-refractivity contribution in [3.05, 3.63) is 72.3 Å². The highest BCUT2D eigenvalue weighted by Crippen LogP contribution is 2.19. The zero-order valence-corrected chi connectivity index (χ0v) is 16.4. The molecule has 0 fully saturated rings. The summed E-state index contributed by atoms with van der Waals surface area (Å²) in [4.78, 5) is 16.8. The Morgan fingerprint density at radius 2 is 1.93 bits per heavy atom. The summed E-state index contributed by atoms with van der Waals surface area (Å²) in [6.07, 6.45) is 7.08. The maximum Gasteiger partial charge on any atom is 0.319 e. The van der Waals surface area contributed by atoms with Crippen LogP contribution in [0.5, 0.6) is 0 Å². The predicted molar refractivity (Wildman–Crippen MR) is 112 cm³/mol. The van der Waals surface area contributed by atoms with Gasteiger partial charge in [-0.1, -0.05) is 24.3 Å². The maximum absolute atomic E-state index is 12.4. The molecule has 0 aliphatic heterocycles. The Morgan fingerprint density at radius 1 is 1.10 bits per heavy atom. The second-order valence-corrected chi connectivity index (χ2v) is 7.10. The first-order chi connectivity index (χ1) is 14.1. The molecule has 2 amide bonds. The zero-order chi connectivity index (χ0) is 20.2. The third kappa shape index (κ3) is 4.26. The molecule has 0 bridgehead atoms. The first-order valence-corrected chi connectivity index (χ1v) is 9.52. The van der Waals surface area contributed by atoms with Gasteiger partial charge in [0.15, 0.2) is 5.65 Å². The Hall–Kier alpha value is -3.68. The van der Waals surface area contributed by atoms with Crippen LogP contribution in [-0.2, 0) is 13.1 Å². The van der Waals surface area contributed by atoms with E-state index in [2.05, 4.69) is 39.7 Å². The predicted octanol–water partition coefficient (Wildman–Crippen LogP) is 3.58. The van der Waals surface area contributed by atoms with Gasteiger partial charge in [0.2, 0.25) is 0 Å². The molecule has 0 saturated carbocycles. The van der Waals surface area contributed by atoms with Gasteiger partial charge in [0.1, 0.15) is 0 Å². The maximum atomic E-state index is 12.4. The van der Waals surface area contributed by atoms with E-state index in [1.165, 1.54) is 0 Å². The number of benzene rings is 1. The van der Waals surface area contributed by atoms with Gasteiger partial charge in [0.25, 0.3) is 0 Å². The number of pyridine rings is 1. The molecule has 0 spiro atoms. The third-order valence-electron chi connectivity index (χ3n) is 4.63. The third-order valence-corrected chi connectivity index (χ3v) is 4.63. The highest BCUT2D eigenvalue weighted by atomic mass is 16.2. The van der Waals surface area contributed by atoms with Crippen molar-refractivity contribution in [2.24, 2.45) is 0 Å². The average molecular weight is 389 g/mol. The number of amides is 2. The highest BCUT2D eigenvalue weighted by molar-refractivity contribution is 5.91. The summed E-state index contributed by atoms with van der Waals surface area (Å²) in [7, 11) is 0. The smallest absolute Gasteiger partial charge is 0.319 e. The van der Waals surface area contributed by atoms with Crippen molar-refractivity contribution in [1.82, 2.24) is 29.9 Å². The standard InChI is InChI=1S/C21H23N7O/c1-15(2)28-20-18(12-25-28)10-19(13-22-20)26-21(29)23-11-16-6-3-4-7-17(16)14-27-9-5-8-24-27/h3-10,12-13,15H,11,14H2,1-2H3,(H2,23,26,29). The Bertz CT molecular complexity index is 1120. The number of rotatable bonds is 6. The Kier molecular flexibility index (Phi) is 5.24. The van der Waals surface area contributed by atoms with E-state index in [9.17, 15) is 4.79 Å². The number of fused-ring (bicyclic) bond motifs is 1. The Morgan fingerprint density at radius 3 is 2.69 bits per heavy atom. The summed E-state index contributed by atoms with van der Waals surface area (Å²) in [5, 5.41) is 15.2. The van der Waals surface area contributed by atoms with E-state index < -0.39 is 0 Å². The van der Waals surface area contributed by atoms with Crippen molar-refractivity contribution in [1.29, 1.82) is 0 Å². The molecular weight excluding hydrogens is 366 g/mol. The number of nitrogens with one attached hydrogen (secondary N) is 2. The second-order valence-electron chi connectivity index (χ2n) is 7.10. The molecule has 0 atom stereocenters. The van der Waals surface area contributed by atoms with E-state index in [0.717, 1.165) is 22.2 Å². The SMILES string of the molecule is CC(C)n1ncc2cc(NC(=O)NCc3ccccc3Cn3cccn3)cnc21. The lowest BCUT2D eigenvalue weighted by molar-refractivity contribution is 0.251. The summed E-state index contributed by atoms with van der Waals surface area (Å²) in [5.74, 6) is 0. The van der Waals surface area contributed by atoms with Gasteiger partial charge in [-0.3, -0.25) is 4.68 Å². The van der Waals surface area contributed by atoms with Crippen LogP contribution in [0, 0.1) is 0 Å². The van der Waals surface area contributed by atoms with Gasteiger partial charge in [0, 0.05) is 30.4 Å². The molecule has 0 aliphatic rings. The Labute approximate surface area is 168 Å². The topological polar surface area (TPSA) is 89.7 Å². The minimum Gasteiger partial charge on any atom is -0.334 e. The van der Waals surface area contributed by atoms with Crippen LogP contribution < -0.4 is 10.6 Å². The van der Waals surface area contributed by atoms with Gasteiger partial charge in [-0.05, 0) is 37.1 Å². The molecule has 0 aliphatic carbocycles. The molecule has 0 radical (unpaired) electrons. The summed E-state index contributed by atoms with van der Waals surface area (Å²) >= 11 is 0. The molecule has 8 heteroatoms. The summed E-state index contributed by atoms with van der Waals surface area (Å²) in [6, 6.07) is 11.7. The molecule has 0 unspecified atom stereocenters. The van der Waals surface area contributed by atoms with E-state index in [1.54, 1.807) is 18.6 Å². The molecule has 29 heavy (non-hydrogen) atoms. The van der Waals surface area contributed by atoms with Crippen molar-refractivity contribution in [3.8, 4) is 0 Å². The van der Waals surface area contributed by atoms with Crippen LogP contribution >= 0.6 is 0 Å². The minimum absolute atomic E-state index is 0.226. The first-order valence-electron chi connectivity index (χ1n) is 9.52. The number of urea groups is 1. The lowest BCUT2D eigenvalue weighted by atomic mass is 10.1. The lowest BCUT2D eigenvalue weighted by Gasteiger charge is -2.12. The van der Waals surface area contributed by atoms with Crippen molar-refractivity contribution in [2.75, 3.05) is 5.32 Å². The quantitative estimate of drug-likeness (QED) is 0.527. The van der Waals surface area contributed by atoms with Crippen LogP contribution in [0.2, 0.25) is 0 Å². The number of hydrogen-bond donors (Lipinski definition) is 2. The number of aromatic nitrogens is 5. The molecular formula is C21H23N7O. The fraction of sp³-hybridized carbons (Fsp3) is 0.238. The van der Waals surface area contributed by atoms with E-state index in [1.807, 2.05) is 52.0 Å². The van der Waals surface area contributed by atoms with E-state index in [4.69, 9.17) is 0 Å². The van der Waals surface area contributed by atoms with Crippen LogP contribution in [-0.4, -0.2) is 30.6 Å². The van der Waals surface area contributed by atoms with Gasteiger partial charge >= 0.3 is 6.03 Å². The van der Waals surface area contributed by atoms with Crippen LogP contribution in [0.25, 0.3) is 11.0 Å². The van der Waals surface area contributed by atoms with Crippen LogP contribution in [0.1, 0.15) is 31.0 Å². The van der Waals surface area contributed by atoms with Crippen molar-refractivity contribution < 1.29 is 4.79 Å². The Balaban J connectivity index is 1.40. The summed E-state index contributed by atoms with van der Waals surface area (Å²) in [6.45, 7) is 5.19. The average Bonchev–Trinajstić information content (AvgIpc) is 3.36. The molecule has 148 valence electrons. The second kappa shape index (κ2) is 8.14. The summed E-state index contributed by atoms with van der Waals surface area (Å²) in [5.41, 5.74) is 3.59. The van der Waals surface area contributed by atoms with Gasteiger partial charge in [-0.15, -0.1) is 0 Å². The van der Waals surface area contributed by atoms with Gasteiger partial charge in [-0.2, -0.15) is 10.2 Å². The molecule has 4 rings (SSSR count). The van der Waals surface area contributed by atoms with Crippen molar-refractivity contribution >= 4 is 22.8 Å². The van der Waals surface area contributed by atoms with Gasteiger partial charge in [0.05, 0.1) is 24.6 Å². The monoisotopic (exact) mass is 389 g/mol. The fourth-order valence-corrected chi connectivity index (χ4v) is 3.19. The molecule has 8 nitrogen and oxygen atoms in total. The molecule has 2 N–H and O–H groups in total. The lowest BCUT2D eigenvalue weighted by Crippen LogP contribution is -2.28. The number of carbonyl (C=O) groups excluding carboxylic acids is 1. The zero-order valence-electron chi connectivity index (χ0n) is 16.4. The number of hydrogen-bond acceptors (Lipinski definition) is 4. The normalized spacial score (nSPS) is 11.1. The largest absolute Gasteiger partial charge is 0.334 e. The summed E-state index contributed by atoms with van der Waals surface area (Å²) < 4.78 is 3.72. The van der Waals surface area contributed by atoms with Gasteiger partial charge < -0.3 is 10.6 Å². The number of nitrogens with zero attached hydrogens (tertiary/aromatic N) is 5. The van der Waals surface area contributed by atoms with Crippen molar-refractivity contribution in [3.63, 3.8) is 0 Å². The molecule has 3 heterocycles. The van der Waals surface area contributed by atoms with Crippen LogP contribution in [0.3, 0.4) is 0 Å². The molecule has 4 aromatic rings. The first kappa shape index (κ1) is 18.7. The minimum atomic E-state index is -0.281. The van der Waals surface area contributed by atoms with Crippen molar-refractivity contribution in [2.45, 2.75) is 33.0 Å². The van der Waals surface area contributed by atoms with E-state index >= 15 is 0 Å². The van der Waals surface area contributed by atoms with Crippen LogP contribution in [0.4, 0.5) is 10.5 Å². The fourth-order valence-electron chi connectivity index (χ4n) is 3.19. The number of carbonyl (C=O) groups is 1. The molecule has 1 aromatic carbocycles. The van der Waals surface area contributed by atoms with Gasteiger partial charge in [-0.25, -0.2) is 14.5 Å². The molecule has 0 saturated heterocycles. The van der Waals surface area contributed by atoms with E-state index in [0.29, 0.717) is 18.8 Å².